The normalized spacial score (nSPS) is 11.3. The zero-order chi connectivity index (χ0) is 17.9. The van der Waals surface area contributed by atoms with Crippen molar-refractivity contribution in [3.05, 3.63) is 44.6 Å². The van der Waals surface area contributed by atoms with Crippen LogP contribution >= 0.6 is 27.3 Å². The van der Waals surface area contributed by atoms with Crippen molar-refractivity contribution in [2.45, 2.75) is 18.4 Å². The maximum Gasteiger partial charge on any atom is 0.321 e. The zero-order valence-corrected chi connectivity index (χ0v) is 16.7. The fourth-order valence-corrected chi connectivity index (χ4v) is 4.57. The Morgan fingerprint density at radius 3 is 2.58 bits per heavy atom. The van der Waals surface area contributed by atoms with Crippen molar-refractivity contribution in [2.75, 3.05) is 19.4 Å². The highest BCUT2D eigenvalue weighted by atomic mass is 79.9. The number of sulfonamides is 1. The van der Waals surface area contributed by atoms with Gasteiger partial charge in [-0.15, -0.1) is 11.3 Å². The molecule has 2 N–H and O–H groups in total. The molecule has 0 saturated heterocycles. The third-order valence-electron chi connectivity index (χ3n) is 3.37. The molecule has 2 aromatic rings. The summed E-state index contributed by atoms with van der Waals surface area (Å²) in [7, 11) is -0.535. The Morgan fingerprint density at radius 2 is 2.00 bits per heavy atom. The highest BCUT2D eigenvalue weighted by Gasteiger charge is 2.17. The van der Waals surface area contributed by atoms with Gasteiger partial charge in [0.15, 0.2) is 0 Å². The summed E-state index contributed by atoms with van der Waals surface area (Å²) in [6.45, 7) is 2.17. The van der Waals surface area contributed by atoms with Gasteiger partial charge in [0.25, 0.3) is 0 Å². The average molecular weight is 432 g/mol. The molecule has 1 heterocycles. The van der Waals surface area contributed by atoms with Crippen LogP contribution in [-0.4, -0.2) is 33.4 Å². The lowest BCUT2D eigenvalue weighted by atomic mass is 10.2. The molecule has 0 atom stereocenters. The number of hydrogen-bond acceptors (Lipinski definition) is 4. The quantitative estimate of drug-likeness (QED) is 0.761. The predicted molar refractivity (Wildman–Crippen MR) is 99.9 cm³/mol. The third kappa shape index (κ3) is 4.56. The number of nitrogens with zero attached hydrogens (tertiary/aromatic N) is 1. The van der Waals surface area contributed by atoms with Crippen molar-refractivity contribution in [1.82, 2.24) is 9.62 Å². The molecular formula is C15H18BrN3O3S2. The van der Waals surface area contributed by atoms with Crippen molar-refractivity contribution in [1.29, 1.82) is 0 Å². The van der Waals surface area contributed by atoms with Crippen molar-refractivity contribution in [3.63, 3.8) is 0 Å². The molecule has 6 nitrogen and oxygen atoms in total. The van der Waals surface area contributed by atoms with Gasteiger partial charge >= 0.3 is 6.03 Å². The van der Waals surface area contributed by atoms with Crippen molar-refractivity contribution >= 4 is 49.0 Å². The van der Waals surface area contributed by atoms with E-state index in [-0.39, 0.29) is 10.9 Å². The first kappa shape index (κ1) is 18.9. The highest BCUT2D eigenvalue weighted by molar-refractivity contribution is 9.11. The summed E-state index contributed by atoms with van der Waals surface area (Å²) in [5.41, 5.74) is 1.04. The number of carbonyl (C=O) groups is 1. The van der Waals surface area contributed by atoms with Crippen LogP contribution in [0.2, 0.25) is 0 Å². The number of aryl methyl sites for hydroxylation is 1. The summed E-state index contributed by atoms with van der Waals surface area (Å²) in [5, 5.41) is 2.72. The van der Waals surface area contributed by atoms with E-state index in [9.17, 15) is 13.2 Å². The van der Waals surface area contributed by atoms with E-state index in [1.807, 2.05) is 12.1 Å². The Labute approximate surface area is 154 Å². The lowest BCUT2D eigenvalue weighted by molar-refractivity contribution is 0.221. The Kier molecular flexibility index (Phi) is 6.02. The van der Waals surface area contributed by atoms with Crippen LogP contribution in [0.5, 0.6) is 0 Å². The zero-order valence-electron chi connectivity index (χ0n) is 13.5. The van der Waals surface area contributed by atoms with Gasteiger partial charge in [0.05, 0.1) is 15.2 Å². The third-order valence-corrected chi connectivity index (χ3v) is 6.53. The Morgan fingerprint density at radius 1 is 1.29 bits per heavy atom. The number of hydrogen-bond donors (Lipinski definition) is 2. The molecule has 130 valence electrons. The van der Waals surface area contributed by atoms with Crippen LogP contribution in [0.15, 0.2) is 39.0 Å². The molecule has 1 aromatic carbocycles. The molecule has 0 aliphatic rings. The van der Waals surface area contributed by atoms with Gasteiger partial charge in [0.1, 0.15) is 0 Å². The molecule has 2 amide bonds. The molecule has 1 aromatic heterocycles. The van der Waals surface area contributed by atoms with Crippen molar-refractivity contribution in [2.24, 2.45) is 0 Å². The average Bonchev–Trinajstić information content (AvgIpc) is 2.94. The standard InChI is InChI=1S/C15H18BrN3O3S2/c1-10-4-5-11(8-13(10)24(21,22)17-2)18-15(20)19(3)9-12-6-7-14(16)23-12/h4-8,17H,9H2,1-3H3,(H,18,20). The van der Waals surface area contributed by atoms with E-state index in [0.29, 0.717) is 17.8 Å². The minimum atomic E-state index is -3.57. The number of rotatable bonds is 5. The first-order chi connectivity index (χ1) is 11.2. The van der Waals surface area contributed by atoms with E-state index in [2.05, 4.69) is 26.0 Å². The minimum Gasteiger partial charge on any atom is -0.322 e. The van der Waals surface area contributed by atoms with E-state index < -0.39 is 10.0 Å². The van der Waals surface area contributed by atoms with E-state index >= 15 is 0 Å². The largest absolute Gasteiger partial charge is 0.322 e. The van der Waals surface area contributed by atoms with Gasteiger partial charge in [0, 0.05) is 17.6 Å². The van der Waals surface area contributed by atoms with E-state index in [4.69, 9.17) is 0 Å². The summed E-state index contributed by atoms with van der Waals surface area (Å²) < 4.78 is 27.3. The van der Waals surface area contributed by atoms with E-state index in [0.717, 1.165) is 8.66 Å². The van der Waals surface area contributed by atoms with Gasteiger partial charge in [0.2, 0.25) is 10.0 Å². The second kappa shape index (κ2) is 7.64. The molecule has 24 heavy (non-hydrogen) atoms. The van der Waals surface area contributed by atoms with Crippen LogP contribution in [-0.2, 0) is 16.6 Å². The molecule has 2 rings (SSSR count). The molecule has 9 heteroatoms. The second-order valence-electron chi connectivity index (χ2n) is 5.18. The van der Waals surface area contributed by atoms with Crippen molar-refractivity contribution < 1.29 is 13.2 Å². The minimum absolute atomic E-state index is 0.146. The molecule has 0 unspecified atom stereocenters. The highest BCUT2D eigenvalue weighted by Crippen LogP contribution is 2.24. The number of anilines is 1. The number of carbonyl (C=O) groups excluding carboxylic acids is 1. The number of thiophene rings is 1. The van der Waals surface area contributed by atoms with Gasteiger partial charge in [-0.2, -0.15) is 0 Å². The molecule has 0 fully saturated rings. The van der Waals surface area contributed by atoms with Crippen LogP contribution in [0.4, 0.5) is 10.5 Å². The predicted octanol–water partition coefficient (Wildman–Crippen LogP) is 3.39. The first-order valence-corrected chi connectivity index (χ1v) is 10.1. The molecule has 0 spiro atoms. The van der Waals surface area contributed by atoms with Gasteiger partial charge in [-0.25, -0.2) is 17.9 Å². The second-order valence-corrected chi connectivity index (χ2v) is 9.58. The number of benzene rings is 1. The first-order valence-electron chi connectivity index (χ1n) is 7.03. The number of nitrogens with one attached hydrogen (secondary N) is 2. The number of urea groups is 1. The van der Waals surface area contributed by atoms with Crippen LogP contribution < -0.4 is 10.0 Å². The van der Waals surface area contributed by atoms with E-state index in [1.165, 1.54) is 18.0 Å². The van der Waals surface area contributed by atoms with Gasteiger partial charge < -0.3 is 10.2 Å². The molecule has 0 radical (unpaired) electrons. The van der Waals surface area contributed by atoms with Crippen LogP contribution in [0.25, 0.3) is 0 Å². The number of halogens is 1. The fraction of sp³-hybridized carbons (Fsp3) is 0.267. The molecule has 0 aliphatic carbocycles. The van der Waals surface area contributed by atoms with Gasteiger partial charge in [-0.3, -0.25) is 0 Å². The lowest BCUT2D eigenvalue weighted by Gasteiger charge is -2.18. The topological polar surface area (TPSA) is 78.5 Å². The summed E-state index contributed by atoms with van der Waals surface area (Å²) in [4.78, 5) is 15.0. The lowest BCUT2D eigenvalue weighted by Crippen LogP contribution is -2.30. The smallest absolute Gasteiger partial charge is 0.321 e. The maximum atomic E-state index is 12.3. The summed E-state index contributed by atoms with van der Waals surface area (Å²) in [6.07, 6.45) is 0. The molecular weight excluding hydrogens is 414 g/mol. The van der Waals surface area contributed by atoms with Gasteiger partial charge in [-0.05, 0) is 59.7 Å². The SMILES string of the molecule is CNS(=O)(=O)c1cc(NC(=O)N(C)Cc2ccc(Br)s2)ccc1C. The van der Waals surface area contributed by atoms with Crippen LogP contribution in [0.3, 0.4) is 0 Å². The van der Waals surface area contributed by atoms with Crippen molar-refractivity contribution in [3.8, 4) is 0 Å². The fourth-order valence-electron chi connectivity index (χ4n) is 2.04. The molecule has 0 saturated carbocycles. The van der Waals surface area contributed by atoms with Crippen LogP contribution in [0, 0.1) is 6.92 Å². The van der Waals surface area contributed by atoms with Gasteiger partial charge in [-0.1, -0.05) is 6.07 Å². The van der Waals surface area contributed by atoms with E-state index in [1.54, 1.807) is 37.4 Å². The van der Waals surface area contributed by atoms with Crippen LogP contribution in [0.1, 0.15) is 10.4 Å². The Bertz CT molecular complexity index is 849. The summed E-state index contributed by atoms with van der Waals surface area (Å²) in [6, 6.07) is 8.36. The summed E-state index contributed by atoms with van der Waals surface area (Å²) in [5.74, 6) is 0. The maximum absolute atomic E-state index is 12.3. The Balaban J connectivity index is 2.12. The number of amides is 2. The molecule has 0 bridgehead atoms. The Hall–Kier alpha value is -1.42. The summed E-state index contributed by atoms with van der Waals surface area (Å²) >= 11 is 4.95. The molecule has 0 aliphatic heterocycles. The monoisotopic (exact) mass is 431 g/mol.